The second kappa shape index (κ2) is 5.71. The van der Waals surface area contributed by atoms with Gasteiger partial charge in [-0.3, -0.25) is 4.79 Å². The molecule has 0 saturated heterocycles. The molecular weight excluding hydrogens is 254 g/mol. The van der Waals surface area contributed by atoms with E-state index >= 15 is 0 Å². The van der Waals surface area contributed by atoms with Crippen molar-refractivity contribution >= 4 is 11.6 Å². The Labute approximate surface area is 120 Å². The molecule has 1 aliphatic carbocycles. The molecule has 3 N–H and O–H groups in total. The van der Waals surface area contributed by atoms with Crippen LogP contribution in [-0.4, -0.2) is 39.2 Å². The number of nitrogens with zero attached hydrogens (tertiary/aromatic N) is 1. The number of nitrogens with one attached hydrogen (secondary N) is 1. The molecule has 1 aromatic rings. The van der Waals surface area contributed by atoms with Crippen molar-refractivity contribution in [1.29, 1.82) is 0 Å². The van der Waals surface area contributed by atoms with Crippen molar-refractivity contribution in [3.05, 3.63) is 24.3 Å². The average molecular weight is 277 g/mol. The van der Waals surface area contributed by atoms with E-state index in [9.17, 15) is 4.79 Å². The predicted molar refractivity (Wildman–Crippen MR) is 80.0 cm³/mol. The zero-order valence-electron chi connectivity index (χ0n) is 12.3. The summed E-state index contributed by atoms with van der Waals surface area (Å²) in [5.74, 6) is 0.826. The number of hydrogen-bond acceptors (Lipinski definition) is 4. The lowest BCUT2D eigenvalue weighted by atomic mass is 9.91. The van der Waals surface area contributed by atoms with Crippen LogP contribution in [-0.2, 0) is 4.79 Å². The number of carbonyl (C=O) groups is 1. The van der Waals surface area contributed by atoms with Gasteiger partial charge in [0, 0.05) is 13.6 Å². The second-order valence-corrected chi connectivity index (χ2v) is 5.39. The third kappa shape index (κ3) is 2.58. The minimum Gasteiger partial charge on any atom is -0.495 e. The van der Waals surface area contributed by atoms with Crippen molar-refractivity contribution in [2.75, 3.05) is 32.6 Å². The first-order valence-corrected chi connectivity index (χ1v) is 6.88. The van der Waals surface area contributed by atoms with E-state index in [0.29, 0.717) is 12.5 Å². The van der Waals surface area contributed by atoms with E-state index in [1.165, 1.54) is 0 Å². The Balaban J connectivity index is 2.24. The van der Waals surface area contributed by atoms with Crippen LogP contribution < -0.4 is 20.7 Å². The average Bonchev–Trinajstić information content (AvgIpc) is 3.29. The van der Waals surface area contributed by atoms with Gasteiger partial charge in [0.15, 0.2) is 0 Å². The third-order valence-electron chi connectivity index (χ3n) is 4.14. The summed E-state index contributed by atoms with van der Waals surface area (Å²) in [5, 5.41) is 3.16. The quantitative estimate of drug-likeness (QED) is 0.780. The minimum absolute atomic E-state index is 0.288. The van der Waals surface area contributed by atoms with Gasteiger partial charge in [-0.05, 0) is 37.9 Å². The third-order valence-corrected chi connectivity index (χ3v) is 4.14. The molecule has 5 heteroatoms. The smallest absolute Gasteiger partial charge is 0.239 e. The van der Waals surface area contributed by atoms with Crippen LogP contribution in [0.5, 0.6) is 5.75 Å². The normalized spacial score (nSPS) is 17.4. The number of amides is 1. The zero-order chi connectivity index (χ0) is 14.8. The van der Waals surface area contributed by atoms with E-state index in [4.69, 9.17) is 10.5 Å². The summed E-state index contributed by atoms with van der Waals surface area (Å²) >= 11 is 0. The van der Waals surface area contributed by atoms with Crippen LogP contribution in [0, 0.1) is 5.92 Å². The van der Waals surface area contributed by atoms with E-state index in [-0.39, 0.29) is 5.91 Å². The van der Waals surface area contributed by atoms with E-state index in [1.54, 1.807) is 14.2 Å². The number of carbonyl (C=O) groups excluding carboxylic acids is 1. The molecule has 1 unspecified atom stereocenters. The highest BCUT2D eigenvalue weighted by molar-refractivity contribution is 5.86. The Bertz CT molecular complexity index is 488. The van der Waals surface area contributed by atoms with Crippen molar-refractivity contribution in [2.45, 2.75) is 18.4 Å². The number of rotatable bonds is 7. The molecule has 0 aliphatic heterocycles. The number of benzene rings is 1. The minimum atomic E-state index is -0.671. The fraction of sp³-hybridized carbons (Fsp3) is 0.533. The summed E-state index contributed by atoms with van der Waals surface area (Å²) < 4.78 is 5.37. The standard InChI is InChI=1S/C15H23N3O2/c1-17-15(14(16)19,11-8-9-11)10-18(2)12-6-4-5-7-13(12)20-3/h4-7,11,17H,8-10H2,1-3H3,(H2,16,19). The maximum atomic E-state index is 12.0. The Hall–Kier alpha value is -1.75. The molecule has 0 spiro atoms. The highest BCUT2D eigenvalue weighted by Crippen LogP contribution is 2.41. The molecule has 0 aromatic heterocycles. The predicted octanol–water partition coefficient (Wildman–Crippen LogP) is 0.985. The molecule has 1 fully saturated rings. The maximum Gasteiger partial charge on any atom is 0.239 e. The van der Waals surface area contributed by atoms with Crippen LogP contribution in [0.4, 0.5) is 5.69 Å². The fourth-order valence-corrected chi connectivity index (χ4v) is 2.80. The van der Waals surface area contributed by atoms with E-state index in [1.807, 2.05) is 36.2 Å². The van der Waals surface area contributed by atoms with Crippen LogP contribution in [0.15, 0.2) is 24.3 Å². The highest BCUT2D eigenvalue weighted by Gasteiger charge is 2.49. The van der Waals surface area contributed by atoms with Crippen LogP contribution >= 0.6 is 0 Å². The van der Waals surface area contributed by atoms with Crippen molar-refractivity contribution in [2.24, 2.45) is 11.7 Å². The van der Waals surface area contributed by atoms with Gasteiger partial charge in [-0.1, -0.05) is 12.1 Å². The molecular formula is C15H23N3O2. The number of hydrogen-bond donors (Lipinski definition) is 2. The summed E-state index contributed by atoms with van der Waals surface area (Å²) in [6.45, 7) is 0.532. The van der Waals surface area contributed by atoms with Gasteiger partial charge < -0.3 is 20.7 Å². The van der Waals surface area contributed by atoms with Crippen molar-refractivity contribution in [1.82, 2.24) is 5.32 Å². The number of ether oxygens (including phenoxy) is 1. The maximum absolute atomic E-state index is 12.0. The molecule has 0 bridgehead atoms. The Morgan fingerprint density at radius 2 is 2.15 bits per heavy atom. The SMILES string of the molecule is CNC(CN(C)c1ccccc1OC)(C(N)=O)C1CC1. The molecule has 20 heavy (non-hydrogen) atoms. The number of nitrogens with two attached hydrogens (primary N) is 1. The van der Waals surface area contributed by atoms with E-state index in [2.05, 4.69) is 5.32 Å². The van der Waals surface area contributed by atoms with Crippen molar-refractivity contribution < 1.29 is 9.53 Å². The highest BCUT2D eigenvalue weighted by atomic mass is 16.5. The van der Waals surface area contributed by atoms with Gasteiger partial charge in [-0.25, -0.2) is 0 Å². The zero-order valence-corrected chi connectivity index (χ0v) is 12.3. The summed E-state index contributed by atoms with van der Waals surface area (Å²) in [5.41, 5.74) is 5.94. The first-order valence-electron chi connectivity index (χ1n) is 6.88. The lowest BCUT2D eigenvalue weighted by molar-refractivity contribution is -0.124. The number of anilines is 1. The lowest BCUT2D eigenvalue weighted by Crippen LogP contribution is -2.61. The van der Waals surface area contributed by atoms with Crippen LogP contribution in [0.1, 0.15) is 12.8 Å². The van der Waals surface area contributed by atoms with Gasteiger partial charge in [-0.15, -0.1) is 0 Å². The summed E-state index contributed by atoms with van der Waals surface area (Å²) in [4.78, 5) is 14.0. The van der Waals surface area contributed by atoms with E-state index in [0.717, 1.165) is 24.3 Å². The monoisotopic (exact) mass is 277 g/mol. The van der Waals surface area contributed by atoms with Gasteiger partial charge in [0.2, 0.25) is 5.91 Å². The van der Waals surface area contributed by atoms with Crippen molar-refractivity contribution in [3.63, 3.8) is 0 Å². The molecule has 2 rings (SSSR count). The van der Waals surface area contributed by atoms with Gasteiger partial charge in [0.1, 0.15) is 11.3 Å². The molecule has 1 amide bonds. The molecule has 1 aliphatic rings. The first kappa shape index (κ1) is 14.7. The second-order valence-electron chi connectivity index (χ2n) is 5.39. The first-order chi connectivity index (χ1) is 9.55. The Morgan fingerprint density at radius 1 is 1.50 bits per heavy atom. The molecule has 1 aromatic carbocycles. The molecule has 0 heterocycles. The topological polar surface area (TPSA) is 67.6 Å². The van der Waals surface area contributed by atoms with Crippen molar-refractivity contribution in [3.8, 4) is 5.75 Å². The molecule has 110 valence electrons. The van der Waals surface area contributed by atoms with Gasteiger partial charge >= 0.3 is 0 Å². The summed E-state index contributed by atoms with van der Waals surface area (Å²) in [6, 6.07) is 7.77. The Morgan fingerprint density at radius 3 is 2.65 bits per heavy atom. The lowest BCUT2D eigenvalue weighted by Gasteiger charge is -2.35. The van der Waals surface area contributed by atoms with Gasteiger partial charge in [0.25, 0.3) is 0 Å². The molecule has 5 nitrogen and oxygen atoms in total. The summed E-state index contributed by atoms with van der Waals surface area (Å²) in [7, 11) is 5.40. The molecule has 1 saturated carbocycles. The number of para-hydroxylation sites is 2. The molecule has 0 radical (unpaired) electrons. The summed E-state index contributed by atoms with van der Waals surface area (Å²) in [6.07, 6.45) is 2.09. The van der Waals surface area contributed by atoms with Crippen LogP contribution in [0.2, 0.25) is 0 Å². The Kier molecular flexibility index (Phi) is 4.18. The van der Waals surface area contributed by atoms with E-state index < -0.39 is 5.54 Å². The number of methoxy groups -OCH3 is 1. The fourth-order valence-electron chi connectivity index (χ4n) is 2.80. The van der Waals surface area contributed by atoms with Gasteiger partial charge in [-0.2, -0.15) is 0 Å². The van der Waals surface area contributed by atoms with Crippen LogP contribution in [0.25, 0.3) is 0 Å². The number of likely N-dealkylation sites (N-methyl/N-ethyl adjacent to an activating group) is 2. The molecule has 1 atom stereocenters. The van der Waals surface area contributed by atoms with Crippen LogP contribution in [0.3, 0.4) is 0 Å². The largest absolute Gasteiger partial charge is 0.495 e. The van der Waals surface area contributed by atoms with Gasteiger partial charge in [0.05, 0.1) is 12.8 Å². The number of primary amides is 1.